The number of anilines is 2. The highest BCUT2D eigenvalue weighted by Gasteiger charge is 2.36. The Labute approximate surface area is 122 Å². The average molecular weight is 295 g/mol. The van der Waals surface area contributed by atoms with Crippen molar-refractivity contribution >= 4 is 23.2 Å². The smallest absolute Gasteiger partial charge is 0.251 e. The largest absolute Gasteiger partial charge is 0.488 e. The van der Waals surface area contributed by atoms with E-state index >= 15 is 0 Å². The molecule has 0 bridgehead atoms. The second-order valence-corrected chi connectivity index (χ2v) is 5.23. The maximum atomic E-state index is 13.7. The summed E-state index contributed by atoms with van der Waals surface area (Å²) in [5.74, 6) is -1.13. The highest BCUT2D eigenvalue weighted by molar-refractivity contribution is 6.06. The summed E-state index contributed by atoms with van der Waals surface area (Å²) in [6, 6.07) is 1.84. The van der Waals surface area contributed by atoms with Gasteiger partial charge in [-0.25, -0.2) is 4.39 Å². The van der Waals surface area contributed by atoms with Gasteiger partial charge in [-0.3, -0.25) is 14.5 Å². The van der Waals surface area contributed by atoms with Crippen LogP contribution in [0.3, 0.4) is 0 Å². The van der Waals surface area contributed by atoms with E-state index in [0.717, 1.165) is 11.0 Å². The van der Waals surface area contributed by atoms with Gasteiger partial charge < -0.3 is 15.8 Å². The Balaban J connectivity index is 2.24. The minimum atomic E-state index is -0.692. The molecule has 1 unspecified atom stereocenters. The van der Waals surface area contributed by atoms with E-state index in [-0.39, 0.29) is 35.8 Å². The van der Waals surface area contributed by atoms with E-state index in [2.05, 4.69) is 5.32 Å². The first-order chi connectivity index (χ1) is 9.79. The molecule has 0 spiro atoms. The number of benzene rings is 1. The third-order valence-electron chi connectivity index (χ3n) is 3.18. The Bertz CT molecular complexity index is 589. The number of hydrogen-bond acceptors (Lipinski definition) is 5. The van der Waals surface area contributed by atoms with Crippen LogP contribution in [0.15, 0.2) is 12.1 Å². The molecule has 21 heavy (non-hydrogen) atoms. The summed E-state index contributed by atoms with van der Waals surface area (Å²) in [4.78, 5) is 24.4. The Hall–Kier alpha value is -2.31. The zero-order valence-electron chi connectivity index (χ0n) is 12.1. The van der Waals surface area contributed by atoms with Crippen LogP contribution in [0.5, 0.6) is 5.75 Å². The number of likely N-dealkylation sites (N-methyl/N-ethyl adjacent to an activating group) is 1. The number of carbonyl (C=O) groups excluding carboxylic acids is 2. The molecule has 2 rings (SSSR count). The number of hydrogen-bond donors (Lipinski definition) is 2. The predicted molar refractivity (Wildman–Crippen MR) is 76.4 cm³/mol. The highest BCUT2D eigenvalue weighted by Crippen LogP contribution is 2.30. The Morgan fingerprint density at radius 3 is 2.62 bits per heavy atom. The molecule has 1 aromatic carbocycles. The molecule has 1 atom stereocenters. The molecule has 0 aliphatic carbocycles. The topological polar surface area (TPSA) is 84.7 Å². The molecule has 1 saturated heterocycles. The maximum Gasteiger partial charge on any atom is 0.251 e. The van der Waals surface area contributed by atoms with Crippen molar-refractivity contribution in [3.05, 3.63) is 17.9 Å². The molecule has 114 valence electrons. The van der Waals surface area contributed by atoms with Gasteiger partial charge in [0.15, 0.2) is 11.6 Å². The monoisotopic (exact) mass is 295 g/mol. The van der Waals surface area contributed by atoms with Crippen molar-refractivity contribution in [2.24, 2.45) is 0 Å². The summed E-state index contributed by atoms with van der Waals surface area (Å²) in [6.07, 6.45) is -0.149. The summed E-state index contributed by atoms with van der Waals surface area (Å²) in [7, 11) is 1.42. The zero-order chi connectivity index (χ0) is 15.7. The van der Waals surface area contributed by atoms with Crippen molar-refractivity contribution in [2.75, 3.05) is 18.1 Å². The van der Waals surface area contributed by atoms with Crippen molar-refractivity contribution < 1.29 is 18.7 Å². The van der Waals surface area contributed by atoms with Gasteiger partial charge in [0, 0.05) is 19.2 Å². The van der Waals surface area contributed by atoms with Gasteiger partial charge in [-0.05, 0) is 13.8 Å². The first-order valence-electron chi connectivity index (χ1n) is 6.62. The van der Waals surface area contributed by atoms with Crippen molar-refractivity contribution in [3.63, 3.8) is 0 Å². The molecule has 1 aliphatic heterocycles. The zero-order valence-corrected chi connectivity index (χ0v) is 12.1. The maximum absolute atomic E-state index is 13.7. The van der Waals surface area contributed by atoms with Crippen molar-refractivity contribution in [1.29, 1.82) is 0 Å². The van der Waals surface area contributed by atoms with Crippen LogP contribution in [-0.4, -0.2) is 35.9 Å². The van der Waals surface area contributed by atoms with Crippen molar-refractivity contribution in [3.8, 4) is 5.75 Å². The summed E-state index contributed by atoms with van der Waals surface area (Å²) in [5.41, 5.74) is 6.27. The Kier molecular flexibility index (Phi) is 4.02. The third-order valence-corrected chi connectivity index (χ3v) is 3.18. The lowest BCUT2D eigenvalue weighted by Gasteiger charge is -2.17. The number of nitrogens with one attached hydrogen (secondary N) is 1. The van der Waals surface area contributed by atoms with Gasteiger partial charge in [0.25, 0.3) is 5.91 Å². The quantitative estimate of drug-likeness (QED) is 0.647. The van der Waals surface area contributed by atoms with E-state index in [4.69, 9.17) is 10.5 Å². The molecule has 6 nitrogen and oxygen atoms in total. The first-order valence-corrected chi connectivity index (χ1v) is 6.62. The summed E-state index contributed by atoms with van der Waals surface area (Å²) in [6.45, 7) is 3.55. The normalized spacial score (nSPS) is 18.5. The molecular weight excluding hydrogens is 277 g/mol. The van der Waals surface area contributed by atoms with Gasteiger partial charge in [0.05, 0.1) is 23.9 Å². The second-order valence-electron chi connectivity index (χ2n) is 5.23. The molecule has 0 aromatic heterocycles. The van der Waals surface area contributed by atoms with Crippen LogP contribution in [0, 0.1) is 5.82 Å². The number of halogens is 1. The number of amides is 2. The first kappa shape index (κ1) is 15.1. The molecule has 0 saturated carbocycles. The highest BCUT2D eigenvalue weighted by atomic mass is 19.1. The fourth-order valence-corrected chi connectivity index (χ4v) is 2.09. The van der Waals surface area contributed by atoms with Gasteiger partial charge in [-0.2, -0.15) is 0 Å². The number of nitrogen functional groups attached to an aromatic ring is 1. The second kappa shape index (κ2) is 5.59. The number of imide groups is 1. The van der Waals surface area contributed by atoms with Crippen LogP contribution >= 0.6 is 0 Å². The van der Waals surface area contributed by atoms with E-state index in [1.807, 2.05) is 0 Å². The van der Waals surface area contributed by atoms with Gasteiger partial charge in [0.2, 0.25) is 5.91 Å². The fraction of sp³-hybridized carbons (Fsp3) is 0.429. The van der Waals surface area contributed by atoms with Gasteiger partial charge >= 0.3 is 0 Å². The fourth-order valence-electron chi connectivity index (χ4n) is 2.09. The molecular formula is C14H18FN3O3. The number of likely N-dealkylation sites (tertiary alicyclic amines) is 1. The van der Waals surface area contributed by atoms with Crippen LogP contribution < -0.4 is 15.8 Å². The molecule has 3 N–H and O–H groups in total. The third kappa shape index (κ3) is 3.07. The molecule has 1 aliphatic rings. The number of ether oxygens (including phenoxy) is 1. The lowest BCUT2D eigenvalue weighted by Crippen LogP contribution is -2.32. The van der Waals surface area contributed by atoms with E-state index in [1.165, 1.54) is 13.1 Å². The van der Waals surface area contributed by atoms with Crippen LogP contribution in [0.1, 0.15) is 20.3 Å². The predicted octanol–water partition coefficient (Wildman–Crippen LogP) is 1.36. The van der Waals surface area contributed by atoms with Gasteiger partial charge in [0.1, 0.15) is 6.04 Å². The summed E-state index contributed by atoms with van der Waals surface area (Å²) in [5, 5.41) is 2.88. The Morgan fingerprint density at radius 2 is 2.10 bits per heavy atom. The summed E-state index contributed by atoms with van der Waals surface area (Å²) < 4.78 is 19.1. The van der Waals surface area contributed by atoms with Crippen LogP contribution in [0.25, 0.3) is 0 Å². The van der Waals surface area contributed by atoms with E-state index in [0.29, 0.717) is 5.69 Å². The van der Waals surface area contributed by atoms with Crippen molar-refractivity contribution in [2.45, 2.75) is 32.4 Å². The number of rotatable bonds is 4. The van der Waals surface area contributed by atoms with E-state index in [1.54, 1.807) is 13.8 Å². The standard InChI is InChI=1S/C14H18FN3O3/c1-7(2)21-12-5-10(9(16)4-8(12)15)17-11-6-13(19)18(3)14(11)20/h4-5,7,11,17H,6,16H2,1-3H3. The average Bonchev–Trinajstić information content (AvgIpc) is 2.62. The molecule has 2 amide bonds. The van der Waals surface area contributed by atoms with Crippen LogP contribution in [0.2, 0.25) is 0 Å². The SMILES string of the molecule is CC(C)Oc1cc(NC2CC(=O)N(C)C2=O)c(N)cc1F. The van der Waals surface area contributed by atoms with E-state index < -0.39 is 11.9 Å². The summed E-state index contributed by atoms with van der Waals surface area (Å²) >= 11 is 0. The molecule has 1 fully saturated rings. The lowest BCUT2D eigenvalue weighted by molar-refractivity contribution is -0.136. The molecule has 0 radical (unpaired) electrons. The molecule has 7 heteroatoms. The minimum Gasteiger partial charge on any atom is -0.488 e. The van der Waals surface area contributed by atoms with Gasteiger partial charge in [-0.15, -0.1) is 0 Å². The molecule has 1 aromatic rings. The number of nitrogens with two attached hydrogens (primary N) is 1. The minimum absolute atomic E-state index is 0.0480. The number of nitrogens with zero attached hydrogens (tertiary/aromatic N) is 1. The molecule has 1 heterocycles. The van der Waals surface area contributed by atoms with Gasteiger partial charge in [-0.1, -0.05) is 0 Å². The Morgan fingerprint density at radius 1 is 1.43 bits per heavy atom. The lowest BCUT2D eigenvalue weighted by atomic mass is 10.2. The van der Waals surface area contributed by atoms with E-state index in [9.17, 15) is 14.0 Å². The van der Waals surface area contributed by atoms with Crippen molar-refractivity contribution in [1.82, 2.24) is 4.90 Å². The van der Waals surface area contributed by atoms with Crippen LogP contribution in [0.4, 0.5) is 15.8 Å². The van der Waals surface area contributed by atoms with Crippen LogP contribution in [-0.2, 0) is 9.59 Å². The number of carbonyl (C=O) groups is 2.